The van der Waals surface area contributed by atoms with Crippen molar-refractivity contribution < 1.29 is 14.5 Å². The SMILES string of the molecule is NC(=O)c1ccccc1C(=O)NCc1ccc([N+](=O)[O-])cc1. The summed E-state index contributed by atoms with van der Waals surface area (Å²) in [4.78, 5) is 33.4. The molecule has 2 aromatic rings. The fourth-order valence-electron chi connectivity index (χ4n) is 1.91. The number of carbonyl (C=O) groups excluding carboxylic acids is 2. The smallest absolute Gasteiger partial charge is 0.269 e. The van der Waals surface area contributed by atoms with Crippen molar-refractivity contribution in [2.45, 2.75) is 6.54 Å². The van der Waals surface area contributed by atoms with Crippen molar-refractivity contribution in [3.63, 3.8) is 0 Å². The monoisotopic (exact) mass is 299 g/mol. The van der Waals surface area contributed by atoms with Gasteiger partial charge < -0.3 is 11.1 Å². The molecule has 112 valence electrons. The second-order valence-electron chi connectivity index (χ2n) is 4.52. The highest BCUT2D eigenvalue weighted by molar-refractivity contribution is 6.06. The van der Waals surface area contributed by atoms with Crippen LogP contribution in [-0.4, -0.2) is 16.7 Å². The average Bonchev–Trinajstić information content (AvgIpc) is 2.53. The minimum atomic E-state index is -0.680. The number of carbonyl (C=O) groups is 2. The van der Waals surface area contributed by atoms with Crippen LogP contribution in [0.2, 0.25) is 0 Å². The van der Waals surface area contributed by atoms with E-state index in [4.69, 9.17) is 5.73 Å². The standard InChI is InChI=1S/C15H13N3O4/c16-14(19)12-3-1-2-4-13(12)15(20)17-9-10-5-7-11(8-6-10)18(21)22/h1-8H,9H2,(H2,16,19)(H,17,20). The van der Waals surface area contributed by atoms with E-state index in [-0.39, 0.29) is 23.4 Å². The molecule has 7 heteroatoms. The highest BCUT2D eigenvalue weighted by atomic mass is 16.6. The Balaban J connectivity index is 2.07. The number of nitro groups is 1. The molecule has 2 amide bonds. The van der Waals surface area contributed by atoms with Crippen LogP contribution in [0.5, 0.6) is 0 Å². The largest absolute Gasteiger partial charge is 0.366 e. The Morgan fingerprint density at radius 3 is 2.18 bits per heavy atom. The van der Waals surface area contributed by atoms with Crippen LogP contribution in [0, 0.1) is 10.1 Å². The molecule has 0 aliphatic carbocycles. The predicted octanol–water partition coefficient (Wildman–Crippen LogP) is 1.62. The van der Waals surface area contributed by atoms with Crippen LogP contribution in [0.4, 0.5) is 5.69 Å². The summed E-state index contributed by atoms with van der Waals surface area (Å²) in [7, 11) is 0. The van der Waals surface area contributed by atoms with Gasteiger partial charge in [-0.15, -0.1) is 0 Å². The van der Waals surface area contributed by atoms with Gasteiger partial charge in [-0.05, 0) is 17.7 Å². The lowest BCUT2D eigenvalue weighted by Gasteiger charge is -2.08. The predicted molar refractivity (Wildman–Crippen MR) is 79.2 cm³/mol. The molecule has 0 aromatic heterocycles. The van der Waals surface area contributed by atoms with Crippen molar-refractivity contribution in [3.05, 3.63) is 75.3 Å². The minimum Gasteiger partial charge on any atom is -0.366 e. The van der Waals surface area contributed by atoms with E-state index in [9.17, 15) is 19.7 Å². The number of benzene rings is 2. The Hall–Kier alpha value is -3.22. The summed E-state index contributed by atoms with van der Waals surface area (Å²) in [5, 5.41) is 13.2. The summed E-state index contributed by atoms with van der Waals surface area (Å²) in [6, 6.07) is 12.1. The number of nitrogens with one attached hydrogen (secondary N) is 1. The Labute approximate surface area is 125 Å². The van der Waals surface area contributed by atoms with Crippen molar-refractivity contribution in [1.29, 1.82) is 0 Å². The third-order valence-corrected chi connectivity index (χ3v) is 3.04. The summed E-state index contributed by atoms with van der Waals surface area (Å²) in [5.74, 6) is -1.12. The molecule has 0 radical (unpaired) electrons. The van der Waals surface area contributed by atoms with Crippen LogP contribution in [0.3, 0.4) is 0 Å². The molecule has 7 nitrogen and oxygen atoms in total. The van der Waals surface area contributed by atoms with Gasteiger partial charge in [0.05, 0.1) is 16.1 Å². The first-order chi connectivity index (χ1) is 10.5. The molecule has 0 saturated heterocycles. The molecule has 0 unspecified atom stereocenters. The number of non-ortho nitro benzene ring substituents is 1. The maximum atomic E-state index is 12.1. The maximum absolute atomic E-state index is 12.1. The first-order valence-electron chi connectivity index (χ1n) is 6.39. The van der Waals surface area contributed by atoms with Crippen LogP contribution < -0.4 is 11.1 Å². The number of rotatable bonds is 5. The normalized spacial score (nSPS) is 10.0. The zero-order valence-corrected chi connectivity index (χ0v) is 11.5. The molecule has 0 spiro atoms. The molecule has 2 aromatic carbocycles. The van der Waals surface area contributed by atoms with Gasteiger partial charge in [0.2, 0.25) is 5.91 Å². The molecule has 0 fully saturated rings. The molecule has 0 bridgehead atoms. The number of amides is 2. The summed E-state index contributed by atoms with van der Waals surface area (Å²) < 4.78 is 0. The topological polar surface area (TPSA) is 115 Å². The van der Waals surface area contributed by atoms with Crippen molar-refractivity contribution in [1.82, 2.24) is 5.32 Å². The van der Waals surface area contributed by atoms with Gasteiger partial charge in [-0.25, -0.2) is 0 Å². The van der Waals surface area contributed by atoms with E-state index in [1.807, 2.05) is 0 Å². The van der Waals surface area contributed by atoms with Crippen molar-refractivity contribution >= 4 is 17.5 Å². The molecular formula is C15H13N3O4. The first kappa shape index (κ1) is 15.2. The summed E-state index contributed by atoms with van der Waals surface area (Å²) >= 11 is 0. The van der Waals surface area contributed by atoms with Gasteiger partial charge in [0.25, 0.3) is 11.6 Å². The van der Waals surface area contributed by atoms with E-state index in [0.29, 0.717) is 5.56 Å². The van der Waals surface area contributed by atoms with E-state index in [2.05, 4.69) is 5.32 Å². The van der Waals surface area contributed by atoms with Crippen molar-refractivity contribution in [3.8, 4) is 0 Å². The molecule has 0 heterocycles. The molecule has 0 atom stereocenters. The van der Waals surface area contributed by atoms with Gasteiger partial charge >= 0.3 is 0 Å². The van der Waals surface area contributed by atoms with Gasteiger partial charge in [0, 0.05) is 18.7 Å². The molecule has 3 N–H and O–H groups in total. The average molecular weight is 299 g/mol. The number of nitro benzene ring substituents is 1. The molecule has 0 saturated carbocycles. The fourth-order valence-corrected chi connectivity index (χ4v) is 1.91. The Morgan fingerprint density at radius 2 is 1.64 bits per heavy atom. The van der Waals surface area contributed by atoms with E-state index < -0.39 is 16.7 Å². The number of nitrogens with two attached hydrogens (primary N) is 1. The van der Waals surface area contributed by atoms with Crippen LogP contribution in [0.25, 0.3) is 0 Å². The van der Waals surface area contributed by atoms with Crippen LogP contribution in [0.15, 0.2) is 48.5 Å². The molecule has 22 heavy (non-hydrogen) atoms. The third-order valence-electron chi connectivity index (χ3n) is 3.04. The van der Waals surface area contributed by atoms with Crippen molar-refractivity contribution in [2.75, 3.05) is 0 Å². The van der Waals surface area contributed by atoms with Crippen LogP contribution in [-0.2, 0) is 6.54 Å². The van der Waals surface area contributed by atoms with Gasteiger partial charge in [-0.1, -0.05) is 24.3 Å². The number of hydrogen-bond donors (Lipinski definition) is 2. The van der Waals surface area contributed by atoms with E-state index in [1.54, 1.807) is 24.3 Å². The third kappa shape index (κ3) is 3.45. The van der Waals surface area contributed by atoms with E-state index in [0.717, 1.165) is 0 Å². The van der Waals surface area contributed by atoms with Gasteiger partial charge in [-0.3, -0.25) is 19.7 Å². The highest BCUT2D eigenvalue weighted by Crippen LogP contribution is 2.12. The molecular weight excluding hydrogens is 286 g/mol. The lowest BCUT2D eigenvalue weighted by molar-refractivity contribution is -0.384. The van der Waals surface area contributed by atoms with E-state index >= 15 is 0 Å². The zero-order valence-electron chi connectivity index (χ0n) is 11.5. The van der Waals surface area contributed by atoms with Gasteiger partial charge in [0.15, 0.2) is 0 Å². The maximum Gasteiger partial charge on any atom is 0.269 e. The summed E-state index contributed by atoms with van der Waals surface area (Å²) in [6.45, 7) is 0.184. The van der Waals surface area contributed by atoms with Crippen LogP contribution >= 0.6 is 0 Å². The fraction of sp³-hybridized carbons (Fsp3) is 0.0667. The quantitative estimate of drug-likeness (QED) is 0.644. The molecule has 2 rings (SSSR count). The minimum absolute atomic E-state index is 0.0193. The van der Waals surface area contributed by atoms with Crippen LogP contribution in [0.1, 0.15) is 26.3 Å². The van der Waals surface area contributed by atoms with Gasteiger partial charge in [0.1, 0.15) is 0 Å². The number of primary amides is 1. The van der Waals surface area contributed by atoms with E-state index in [1.165, 1.54) is 24.3 Å². The summed E-state index contributed by atoms with van der Waals surface area (Å²) in [6.07, 6.45) is 0. The first-order valence-corrected chi connectivity index (χ1v) is 6.39. The number of nitrogens with zero attached hydrogens (tertiary/aromatic N) is 1. The summed E-state index contributed by atoms with van der Waals surface area (Å²) in [5.41, 5.74) is 6.24. The van der Waals surface area contributed by atoms with Crippen molar-refractivity contribution in [2.24, 2.45) is 5.73 Å². The zero-order chi connectivity index (χ0) is 16.1. The lowest BCUT2D eigenvalue weighted by atomic mass is 10.1. The number of hydrogen-bond acceptors (Lipinski definition) is 4. The second-order valence-corrected chi connectivity index (χ2v) is 4.52. The molecule has 0 aliphatic heterocycles. The second kappa shape index (κ2) is 6.49. The Morgan fingerprint density at radius 1 is 1.05 bits per heavy atom. The molecule has 0 aliphatic rings. The lowest BCUT2D eigenvalue weighted by Crippen LogP contribution is -2.26. The highest BCUT2D eigenvalue weighted by Gasteiger charge is 2.14. The van der Waals surface area contributed by atoms with Gasteiger partial charge in [-0.2, -0.15) is 0 Å². The Bertz CT molecular complexity index is 726. The Kier molecular flexibility index (Phi) is 4.47.